The summed E-state index contributed by atoms with van der Waals surface area (Å²) in [7, 11) is 0. The lowest BCUT2D eigenvalue weighted by Gasteiger charge is -1.99. The summed E-state index contributed by atoms with van der Waals surface area (Å²) in [5.74, 6) is 0. The maximum absolute atomic E-state index is 5.59. The SMILES string of the molecule is Nc1ccc(Br)nc1CBr. The van der Waals surface area contributed by atoms with Gasteiger partial charge >= 0.3 is 0 Å². The van der Waals surface area contributed by atoms with Crippen LogP contribution in [-0.4, -0.2) is 4.98 Å². The highest BCUT2D eigenvalue weighted by atomic mass is 79.9. The average Bonchev–Trinajstić information content (AvgIpc) is 1.94. The maximum Gasteiger partial charge on any atom is 0.106 e. The second-order valence-electron chi connectivity index (χ2n) is 1.80. The van der Waals surface area contributed by atoms with Crippen molar-refractivity contribution in [2.24, 2.45) is 0 Å². The first-order valence-electron chi connectivity index (χ1n) is 2.71. The van der Waals surface area contributed by atoms with E-state index in [0.29, 0.717) is 5.33 Å². The molecule has 0 saturated carbocycles. The molecule has 1 heterocycles. The molecule has 0 amide bonds. The minimum absolute atomic E-state index is 0.693. The molecule has 4 heteroatoms. The van der Waals surface area contributed by atoms with E-state index in [1.807, 2.05) is 12.1 Å². The molecular weight excluding hydrogens is 260 g/mol. The zero-order valence-electron chi connectivity index (χ0n) is 5.14. The van der Waals surface area contributed by atoms with Crippen LogP contribution in [-0.2, 0) is 5.33 Å². The van der Waals surface area contributed by atoms with Crippen molar-refractivity contribution in [3.63, 3.8) is 0 Å². The first-order valence-corrected chi connectivity index (χ1v) is 4.62. The maximum atomic E-state index is 5.59. The Kier molecular flexibility index (Phi) is 2.68. The van der Waals surface area contributed by atoms with Gasteiger partial charge in [-0.3, -0.25) is 0 Å². The van der Waals surface area contributed by atoms with Crippen molar-refractivity contribution in [3.8, 4) is 0 Å². The lowest BCUT2D eigenvalue weighted by molar-refractivity contribution is 1.16. The summed E-state index contributed by atoms with van der Waals surface area (Å²) in [4.78, 5) is 4.14. The Balaban J connectivity index is 3.09. The first-order chi connectivity index (χ1) is 4.74. The highest BCUT2D eigenvalue weighted by molar-refractivity contribution is 9.10. The number of rotatable bonds is 1. The molecule has 0 fully saturated rings. The topological polar surface area (TPSA) is 38.9 Å². The van der Waals surface area contributed by atoms with Crippen molar-refractivity contribution in [2.45, 2.75) is 5.33 Å². The molecule has 0 aliphatic carbocycles. The third-order valence-electron chi connectivity index (χ3n) is 1.10. The third-order valence-corrected chi connectivity index (χ3v) is 2.07. The molecule has 1 aromatic rings. The van der Waals surface area contributed by atoms with E-state index >= 15 is 0 Å². The molecule has 2 nitrogen and oxygen atoms in total. The molecule has 0 spiro atoms. The minimum Gasteiger partial charge on any atom is -0.397 e. The number of nitrogens with zero attached hydrogens (tertiary/aromatic N) is 1. The van der Waals surface area contributed by atoms with Crippen molar-refractivity contribution >= 4 is 37.5 Å². The average molecular weight is 266 g/mol. The van der Waals surface area contributed by atoms with Crippen LogP contribution in [0.1, 0.15) is 5.69 Å². The molecule has 2 N–H and O–H groups in total. The normalized spacial score (nSPS) is 9.80. The molecule has 1 rings (SSSR count). The van der Waals surface area contributed by atoms with Crippen LogP contribution in [0.4, 0.5) is 5.69 Å². The third kappa shape index (κ3) is 1.70. The van der Waals surface area contributed by atoms with Gasteiger partial charge in [0.15, 0.2) is 0 Å². The first kappa shape index (κ1) is 8.01. The zero-order valence-corrected chi connectivity index (χ0v) is 8.31. The standard InChI is InChI=1S/C6H6Br2N2/c7-3-5-4(9)1-2-6(8)10-5/h1-2H,3,9H2. The fourth-order valence-corrected chi connectivity index (χ4v) is 1.39. The molecule has 1 aromatic heterocycles. The van der Waals surface area contributed by atoms with E-state index in [-0.39, 0.29) is 0 Å². The van der Waals surface area contributed by atoms with Gasteiger partial charge in [0.05, 0.1) is 11.4 Å². The fraction of sp³-hybridized carbons (Fsp3) is 0.167. The van der Waals surface area contributed by atoms with Gasteiger partial charge in [0.2, 0.25) is 0 Å². The number of nitrogen functional groups attached to an aromatic ring is 1. The second kappa shape index (κ2) is 3.34. The van der Waals surface area contributed by atoms with E-state index in [4.69, 9.17) is 5.73 Å². The minimum atomic E-state index is 0.693. The molecule has 54 valence electrons. The van der Waals surface area contributed by atoms with E-state index in [9.17, 15) is 0 Å². The fourth-order valence-electron chi connectivity index (χ4n) is 0.593. The summed E-state index contributed by atoms with van der Waals surface area (Å²) in [6.45, 7) is 0. The Morgan fingerprint density at radius 2 is 2.20 bits per heavy atom. The number of hydrogen-bond acceptors (Lipinski definition) is 2. The van der Waals surface area contributed by atoms with Crippen LogP contribution < -0.4 is 5.73 Å². The van der Waals surface area contributed by atoms with Gasteiger partial charge in [-0.15, -0.1) is 0 Å². The summed E-state index contributed by atoms with van der Waals surface area (Å²) < 4.78 is 0.816. The van der Waals surface area contributed by atoms with Crippen molar-refractivity contribution in [1.29, 1.82) is 0 Å². The molecule has 10 heavy (non-hydrogen) atoms. The van der Waals surface area contributed by atoms with Crippen LogP contribution in [0.25, 0.3) is 0 Å². The van der Waals surface area contributed by atoms with Gasteiger partial charge < -0.3 is 5.73 Å². The van der Waals surface area contributed by atoms with Crippen molar-refractivity contribution in [2.75, 3.05) is 5.73 Å². The van der Waals surface area contributed by atoms with Crippen molar-refractivity contribution in [1.82, 2.24) is 4.98 Å². The molecule has 0 aliphatic rings. The van der Waals surface area contributed by atoms with Gasteiger partial charge in [0.25, 0.3) is 0 Å². The van der Waals surface area contributed by atoms with Crippen LogP contribution >= 0.6 is 31.9 Å². The van der Waals surface area contributed by atoms with E-state index in [1.165, 1.54) is 0 Å². The highest BCUT2D eigenvalue weighted by Gasteiger charge is 1.97. The smallest absolute Gasteiger partial charge is 0.106 e. The number of hydrogen-bond donors (Lipinski definition) is 1. The lowest BCUT2D eigenvalue weighted by atomic mass is 10.3. The predicted molar refractivity (Wildman–Crippen MR) is 49.0 cm³/mol. The summed E-state index contributed by atoms with van der Waals surface area (Å²) in [5, 5.41) is 0.693. The molecule has 0 aliphatic heterocycles. The Hall–Kier alpha value is -0.0900. The van der Waals surface area contributed by atoms with Gasteiger partial charge in [-0.1, -0.05) is 15.9 Å². The Morgan fingerprint density at radius 3 is 2.70 bits per heavy atom. The quantitative estimate of drug-likeness (QED) is 0.625. The van der Waals surface area contributed by atoms with Gasteiger partial charge in [0.1, 0.15) is 4.60 Å². The van der Waals surface area contributed by atoms with Crippen LogP contribution in [0.3, 0.4) is 0 Å². The summed E-state index contributed by atoms with van der Waals surface area (Å²) in [6.07, 6.45) is 0. The molecule has 0 aromatic carbocycles. The lowest BCUT2D eigenvalue weighted by Crippen LogP contribution is -1.94. The van der Waals surface area contributed by atoms with Crippen LogP contribution in [0.15, 0.2) is 16.7 Å². The number of pyridine rings is 1. The Morgan fingerprint density at radius 1 is 1.50 bits per heavy atom. The Labute approximate surface area is 76.1 Å². The van der Waals surface area contributed by atoms with E-state index < -0.39 is 0 Å². The molecule has 0 atom stereocenters. The van der Waals surface area contributed by atoms with Crippen LogP contribution in [0, 0.1) is 0 Å². The van der Waals surface area contributed by atoms with Gasteiger partial charge in [-0.05, 0) is 28.1 Å². The largest absolute Gasteiger partial charge is 0.397 e. The van der Waals surface area contributed by atoms with Crippen LogP contribution in [0.5, 0.6) is 0 Å². The Bertz CT molecular complexity index is 237. The van der Waals surface area contributed by atoms with Crippen molar-refractivity contribution < 1.29 is 0 Å². The number of alkyl halides is 1. The van der Waals surface area contributed by atoms with Crippen molar-refractivity contribution in [3.05, 3.63) is 22.4 Å². The molecule has 0 unspecified atom stereocenters. The van der Waals surface area contributed by atoms with Gasteiger partial charge in [0, 0.05) is 5.33 Å². The summed E-state index contributed by atoms with van der Waals surface area (Å²) in [5.41, 5.74) is 7.18. The number of halogens is 2. The molecule has 0 bridgehead atoms. The number of anilines is 1. The highest BCUT2D eigenvalue weighted by Crippen LogP contribution is 2.15. The second-order valence-corrected chi connectivity index (χ2v) is 3.18. The predicted octanol–water partition coefficient (Wildman–Crippen LogP) is 2.32. The summed E-state index contributed by atoms with van der Waals surface area (Å²) in [6, 6.07) is 3.65. The zero-order chi connectivity index (χ0) is 7.56. The molecule has 0 saturated heterocycles. The number of nitrogens with two attached hydrogens (primary N) is 1. The summed E-state index contributed by atoms with van der Waals surface area (Å²) >= 11 is 6.53. The van der Waals surface area contributed by atoms with E-state index in [2.05, 4.69) is 36.8 Å². The monoisotopic (exact) mass is 264 g/mol. The number of aromatic nitrogens is 1. The van der Waals surface area contributed by atoms with E-state index in [1.54, 1.807) is 0 Å². The molecular formula is C6H6Br2N2. The van der Waals surface area contributed by atoms with Crippen LogP contribution in [0.2, 0.25) is 0 Å². The molecule has 0 radical (unpaired) electrons. The van der Waals surface area contributed by atoms with E-state index in [0.717, 1.165) is 16.0 Å². The van der Waals surface area contributed by atoms with Gasteiger partial charge in [-0.2, -0.15) is 0 Å². The van der Waals surface area contributed by atoms with Gasteiger partial charge in [-0.25, -0.2) is 4.98 Å².